The summed E-state index contributed by atoms with van der Waals surface area (Å²) in [5.41, 5.74) is 0.0720. The van der Waals surface area contributed by atoms with Crippen molar-refractivity contribution in [2.75, 3.05) is 25.1 Å². The largest absolute Gasteiger partial charge is 0.508 e. The van der Waals surface area contributed by atoms with Gasteiger partial charge in [-0.05, 0) is 30.4 Å². The Labute approximate surface area is 184 Å². The van der Waals surface area contributed by atoms with Crippen LogP contribution in [0.15, 0.2) is 24.3 Å². The number of methoxy groups -OCH3 is 1. The van der Waals surface area contributed by atoms with Crippen LogP contribution in [0.3, 0.4) is 0 Å². The van der Waals surface area contributed by atoms with E-state index in [4.69, 9.17) is 15.9 Å². The third-order valence-electron chi connectivity index (χ3n) is 5.85. The number of hydrogen-bond acceptors (Lipinski definition) is 8. The zero-order valence-corrected chi connectivity index (χ0v) is 17.5. The first-order chi connectivity index (χ1) is 15.5. The molecule has 2 N–H and O–H groups in total. The van der Waals surface area contributed by atoms with E-state index in [-0.39, 0.29) is 29.7 Å². The third-order valence-corrected chi connectivity index (χ3v) is 5.85. The lowest BCUT2D eigenvalue weighted by molar-refractivity contribution is 0.291. The van der Waals surface area contributed by atoms with E-state index in [1.54, 1.807) is 6.07 Å². The molecule has 0 aliphatic carbocycles. The first kappa shape index (κ1) is 20.3. The number of aromatic hydroxyl groups is 1. The number of piperazine rings is 1. The Morgan fingerprint density at radius 2 is 2.00 bits per heavy atom. The van der Waals surface area contributed by atoms with Gasteiger partial charge in [0.25, 0.3) is 0 Å². The predicted octanol–water partition coefficient (Wildman–Crippen LogP) is 2.38. The Bertz CT molecular complexity index is 1220. The lowest BCUT2D eigenvalue weighted by atomic mass is 10.0. The van der Waals surface area contributed by atoms with Crippen molar-refractivity contribution in [1.82, 2.24) is 20.3 Å². The van der Waals surface area contributed by atoms with Crippen LogP contribution in [-0.2, 0) is 6.61 Å². The number of ether oxygens (including phenoxy) is 2. The van der Waals surface area contributed by atoms with Crippen LogP contribution in [0.2, 0.25) is 0 Å². The molecule has 164 valence electrons. The molecule has 3 aromatic rings. The summed E-state index contributed by atoms with van der Waals surface area (Å²) >= 11 is 0. The fraction of sp³-hybridized carbons (Fsp3) is 0.348. The monoisotopic (exact) mass is 435 g/mol. The molecule has 2 unspecified atom stereocenters. The van der Waals surface area contributed by atoms with E-state index in [0.717, 1.165) is 25.9 Å². The minimum absolute atomic E-state index is 0.0210. The molecule has 2 bridgehead atoms. The van der Waals surface area contributed by atoms with E-state index >= 15 is 0 Å². The minimum Gasteiger partial charge on any atom is -0.508 e. The summed E-state index contributed by atoms with van der Waals surface area (Å²) in [5, 5.41) is 14.6. The number of anilines is 1. The van der Waals surface area contributed by atoms with Crippen LogP contribution in [0.1, 0.15) is 24.2 Å². The Morgan fingerprint density at radius 3 is 2.72 bits per heavy atom. The van der Waals surface area contributed by atoms with Crippen molar-refractivity contribution in [3.8, 4) is 29.9 Å². The SMILES string of the molecule is C#Cc1c(F)ccc2cc(O)cc(OCc3nc(OC)nc(N4CC5CCC(C4)N5)n3)c12. The molecule has 2 atom stereocenters. The molecular weight excluding hydrogens is 413 g/mol. The maximum absolute atomic E-state index is 14.3. The molecule has 2 aromatic carbocycles. The number of rotatable bonds is 5. The van der Waals surface area contributed by atoms with Gasteiger partial charge in [-0.3, -0.25) is 0 Å². The molecule has 1 aromatic heterocycles. The highest BCUT2D eigenvalue weighted by atomic mass is 19.1. The number of phenolic OH excluding ortho intramolecular Hbond substituents is 1. The van der Waals surface area contributed by atoms with Crippen molar-refractivity contribution in [3.63, 3.8) is 0 Å². The van der Waals surface area contributed by atoms with Gasteiger partial charge >= 0.3 is 6.01 Å². The second kappa shape index (κ2) is 8.13. The van der Waals surface area contributed by atoms with Crippen LogP contribution >= 0.6 is 0 Å². The quantitative estimate of drug-likeness (QED) is 0.591. The fourth-order valence-corrected chi connectivity index (χ4v) is 4.43. The van der Waals surface area contributed by atoms with Gasteiger partial charge in [0.1, 0.15) is 23.9 Å². The molecule has 2 fully saturated rings. The average molecular weight is 435 g/mol. The summed E-state index contributed by atoms with van der Waals surface area (Å²) in [6.07, 6.45) is 7.80. The van der Waals surface area contributed by atoms with Crippen molar-refractivity contribution in [2.24, 2.45) is 0 Å². The van der Waals surface area contributed by atoms with E-state index in [1.807, 2.05) is 0 Å². The van der Waals surface area contributed by atoms with E-state index in [9.17, 15) is 9.50 Å². The van der Waals surface area contributed by atoms with Gasteiger partial charge in [0.2, 0.25) is 5.95 Å². The van der Waals surface area contributed by atoms with Gasteiger partial charge in [-0.25, -0.2) is 4.39 Å². The molecule has 0 amide bonds. The average Bonchev–Trinajstić information content (AvgIpc) is 3.14. The predicted molar refractivity (Wildman–Crippen MR) is 116 cm³/mol. The molecule has 3 heterocycles. The molecule has 5 rings (SSSR count). The standard InChI is InChI=1S/C23H22FN5O3/c1-3-17-18(24)7-4-13-8-16(30)9-19(21(13)17)32-12-20-26-22(28-23(27-20)31-2)29-10-14-5-6-15(11-29)25-14/h1,4,7-9,14-15,25,30H,5-6,10-12H2,2H3. The van der Waals surface area contributed by atoms with Gasteiger partial charge in [-0.2, -0.15) is 15.0 Å². The van der Waals surface area contributed by atoms with Crippen molar-refractivity contribution < 1.29 is 19.0 Å². The third kappa shape index (κ3) is 3.74. The highest BCUT2D eigenvalue weighted by Crippen LogP contribution is 2.35. The molecular formula is C23H22FN5O3. The molecule has 9 heteroatoms. The highest BCUT2D eigenvalue weighted by molar-refractivity contribution is 5.94. The Kier molecular flexibility index (Phi) is 5.15. The summed E-state index contributed by atoms with van der Waals surface area (Å²) in [6, 6.07) is 6.75. The normalized spacial score (nSPS) is 19.7. The maximum Gasteiger partial charge on any atom is 0.321 e. The lowest BCUT2D eigenvalue weighted by Crippen LogP contribution is -2.51. The zero-order valence-electron chi connectivity index (χ0n) is 17.5. The molecule has 0 saturated carbocycles. The van der Waals surface area contributed by atoms with E-state index in [1.165, 1.54) is 25.3 Å². The number of benzene rings is 2. The van der Waals surface area contributed by atoms with Gasteiger partial charge in [-0.1, -0.05) is 12.0 Å². The van der Waals surface area contributed by atoms with E-state index in [0.29, 0.717) is 34.6 Å². The number of aromatic nitrogens is 3. The van der Waals surface area contributed by atoms with Crippen LogP contribution in [0.5, 0.6) is 17.5 Å². The van der Waals surface area contributed by atoms with Crippen molar-refractivity contribution in [2.45, 2.75) is 31.5 Å². The zero-order chi connectivity index (χ0) is 22.2. The molecule has 0 radical (unpaired) electrons. The van der Waals surface area contributed by atoms with Gasteiger partial charge in [0.15, 0.2) is 5.82 Å². The minimum atomic E-state index is -0.534. The topological polar surface area (TPSA) is 92.6 Å². The molecule has 32 heavy (non-hydrogen) atoms. The lowest BCUT2D eigenvalue weighted by Gasteiger charge is -2.32. The fourth-order valence-electron chi connectivity index (χ4n) is 4.43. The number of phenols is 1. The smallest absolute Gasteiger partial charge is 0.321 e. The first-order valence-corrected chi connectivity index (χ1v) is 10.4. The highest BCUT2D eigenvalue weighted by Gasteiger charge is 2.33. The van der Waals surface area contributed by atoms with Crippen molar-refractivity contribution >= 4 is 16.7 Å². The van der Waals surface area contributed by atoms with Crippen LogP contribution in [0.25, 0.3) is 10.8 Å². The Balaban J connectivity index is 1.46. The van der Waals surface area contributed by atoms with Gasteiger partial charge < -0.3 is 24.8 Å². The number of hydrogen-bond donors (Lipinski definition) is 2. The first-order valence-electron chi connectivity index (χ1n) is 10.4. The van der Waals surface area contributed by atoms with E-state index < -0.39 is 5.82 Å². The second-order valence-electron chi connectivity index (χ2n) is 7.98. The molecule has 2 saturated heterocycles. The molecule has 0 spiro atoms. The van der Waals surface area contributed by atoms with Gasteiger partial charge in [-0.15, -0.1) is 6.42 Å². The number of nitrogens with one attached hydrogen (secondary N) is 1. The number of fused-ring (bicyclic) bond motifs is 3. The summed E-state index contributed by atoms with van der Waals surface area (Å²) in [5.74, 6) is 2.95. The van der Waals surface area contributed by atoms with Crippen molar-refractivity contribution in [3.05, 3.63) is 41.5 Å². The number of nitrogens with zero attached hydrogens (tertiary/aromatic N) is 4. The maximum atomic E-state index is 14.3. The van der Waals surface area contributed by atoms with Gasteiger partial charge in [0, 0.05) is 36.6 Å². The second-order valence-corrected chi connectivity index (χ2v) is 7.98. The summed E-state index contributed by atoms with van der Waals surface area (Å²) in [7, 11) is 1.50. The molecule has 2 aliphatic heterocycles. The van der Waals surface area contributed by atoms with E-state index in [2.05, 4.69) is 31.1 Å². The Hall–Kier alpha value is -3.64. The van der Waals surface area contributed by atoms with Crippen LogP contribution in [0.4, 0.5) is 10.3 Å². The molecule has 8 nitrogen and oxygen atoms in total. The summed E-state index contributed by atoms with van der Waals surface area (Å²) in [6.45, 7) is 1.59. The van der Waals surface area contributed by atoms with Gasteiger partial charge in [0.05, 0.1) is 12.7 Å². The Morgan fingerprint density at radius 1 is 1.22 bits per heavy atom. The number of halogens is 1. The molecule has 2 aliphatic rings. The van der Waals surface area contributed by atoms with Crippen molar-refractivity contribution in [1.29, 1.82) is 0 Å². The number of terminal acetylenes is 1. The van der Waals surface area contributed by atoms with Crippen LogP contribution in [-0.4, -0.2) is 52.3 Å². The van der Waals surface area contributed by atoms with Crippen LogP contribution in [0, 0.1) is 18.2 Å². The van der Waals surface area contributed by atoms with Crippen LogP contribution < -0.4 is 19.7 Å². The summed E-state index contributed by atoms with van der Waals surface area (Å²) < 4.78 is 25.5. The summed E-state index contributed by atoms with van der Waals surface area (Å²) in [4.78, 5) is 15.4.